The predicted octanol–water partition coefficient (Wildman–Crippen LogP) is 13.5. The molecule has 13 rings (SSSR count). The number of hydrogen-bond acceptors (Lipinski definition) is 2. The van der Waals surface area contributed by atoms with Crippen molar-refractivity contribution in [1.82, 2.24) is 19.1 Å². The van der Waals surface area contributed by atoms with Gasteiger partial charge in [-0.25, -0.2) is 0 Å². The van der Waals surface area contributed by atoms with Crippen LogP contribution >= 0.6 is 0 Å². The number of aryl methyl sites for hydroxylation is 4. The van der Waals surface area contributed by atoms with Crippen LogP contribution in [-0.4, -0.2) is 19.1 Å². The van der Waals surface area contributed by atoms with Gasteiger partial charge in [0.05, 0.1) is 17.2 Å². The van der Waals surface area contributed by atoms with E-state index in [4.69, 9.17) is 9.97 Å². The summed E-state index contributed by atoms with van der Waals surface area (Å²) in [6.07, 6.45) is 11.4. The minimum atomic E-state index is 0. The van der Waals surface area contributed by atoms with Crippen molar-refractivity contribution in [2.45, 2.75) is 105 Å². The standard InChI is InChI=1S/C29H36N4.C28H22N.Au/c1-18(2)22-11-9-12-23(19(3)4)26(22)32-17-33(29-28(32)30-15-16-31-29)27-24(20(5)6)13-10-14-25(27)21(7)8;1-3-7-26-24(5-1)25-6-2-4-8-27(25)29(26)28-19-22-14-13-20-9-11-21(12-10-20)15-17-23(28)18-16-22;/h9-16,18-21H,1-8H3;1-12,18-19H,13-15,17H2;/q;-1;. The van der Waals surface area contributed by atoms with Gasteiger partial charge in [0.25, 0.3) is 0 Å². The first-order valence-electron chi connectivity index (χ1n) is 22.6. The first-order chi connectivity index (χ1) is 30.1. The molecule has 0 saturated carbocycles. The topological polar surface area (TPSA) is 39.5 Å². The van der Waals surface area contributed by atoms with Gasteiger partial charge in [-0.15, -0.1) is 11.6 Å². The molecule has 0 aliphatic heterocycles. The Morgan fingerprint density at radius 1 is 0.556 bits per heavy atom. The van der Waals surface area contributed by atoms with E-state index in [2.05, 4.69) is 203 Å². The molecular formula is C57H58AuN5-. The van der Waals surface area contributed by atoms with Crippen LogP contribution in [0.5, 0.6) is 0 Å². The van der Waals surface area contributed by atoms with Gasteiger partial charge in [0.1, 0.15) is 6.20 Å². The van der Waals surface area contributed by atoms with Crippen molar-refractivity contribution in [3.05, 3.63) is 191 Å². The van der Waals surface area contributed by atoms with E-state index in [0.717, 1.165) is 37.0 Å². The van der Waals surface area contributed by atoms with Gasteiger partial charge >= 0.3 is 0 Å². The Kier molecular flexibility index (Phi) is 13.0. The van der Waals surface area contributed by atoms with Crippen LogP contribution in [-0.2, 0) is 48.1 Å². The Balaban J connectivity index is 0.000000171. The van der Waals surface area contributed by atoms with E-state index >= 15 is 0 Å². The normalized spacial score (nSPS) is 12.6. The van der Waals surface area contributed by atoms with Gasteiger partial charge in [-0.1, -0.05) is 165 Å². The van der Waals surface area contributed by atoms with Crippen LogP contribution in [0.4, 0.5) is 0 Å². The van der Waals surface area contributed by atoms with Crippen molar-refractivity contribution < 1.29 is 26.9 Å². The third-order valence-corrected chi connectivity index (χ3v) is 12.7. The van der Waals surface area contributed by atoms with E-state index in [1.807, 2.05) is 0 Å². The molecule has 0 fully saturated rings. The van der Waals surface area contributed by atoms with Crippen LogP contribution in [0.1, 0.15) is 124 Å². The molecule has 0 atom stereocenters. The molecule has 3 aromatic heterocycles. The van der Waals surface area contributed by atoms with Crippen molar-refractivity contribution in [3.63, 3.8) is 0 Å². The molecule has 5 nitrogen and oxygen atoms in total. The average molecular weight is 1010 g/mol. The molecule has 323 valence electrons. The second kappa shape index (κ2) is 18.6. The number of rotatable bonds is 7. The summed E-state index contributed by atoms with van der Waals surface area (Å²) in [5.41, 5.74) is 18.6. The van der Waals surface area contributed by atoms with Gasteiger partial charge in [-0.2, -0.15) is 22.7 Å². The smallest absolute Gasteiger partial charge is 0.227 e. The molecule has 1 radical (unpaired) electrons. The van der Waals surface area contributed by atoms with E-state index in [9.17, 15) is 0 Å². The Labute approximate surface area is 389 Å². The quantitative estimate of drug-likeness (QED) is 0.0907. The van der Waals surface area contributed by atoms with Crippen molar-refractivity contribution in [1.29, 1.82) is 0 Å². The molecule has 63 heavy (non-hydrogen) atoms. The maximum absolute atomic E-state index is 4.80. The van der Waals surface area contributed by atoms with E-state index < -0.39 is 0 Å². The Morgan fingerprint density at radius 3 is 1.62 bits per heavy atom. The van der Waals surface area contributed by atoms with Crippen LogP contribution in [0, 0.1) is 12.4 Å². The number of para-hydroxylation sites is 4. The third kappa shape index (κ3) is 8.47. The van der Waals surface area contributed by atoms with E-state index in [1.54, 1.807) is 12.4 Å². The van der Waals surface area contributed by atoms with Crippen LogP contribution in [0.2, 0.25) is 0 Å². The molecule has 0 N–H and O–H groups in total. The summed E-state index contributed by atoms with van der Waals surface area (Å²) in [5.74, 6) is 1.51. The summed E-state index contributed by atoms with van der Waals surface area (Å²) in [6, 6.07) is 48.2. The minimum absolute atomic E-state index is 0. The summed E-state index contributed by atoms with van der Waals surface area (Å²) in [5, 5.41) is 2.64. The zero-order valence-corrected chi connectivity index (χ0v) is 40.0. The molecule has 6 heteroatoms. The predicted molar refractivity (Wildman–Crippen MR) is 256 cm³/mol. The Bertz CT molecular complexity index is 2840. The summed E-state index contributed by atoms with van der Waals surface area (Å²) in [4.78, 5) is 9.60. The van der Waals surface area contributed by atoms with Gasteiger partial charge in [-0.05, 0) is 88.4 Å². The molecule has 4 aliphatic carbocycles. The molecular weight excluding hydrogens is 952 g/mol. The summed E-state index contributed by atoms with van der Waals surface area (Å²) >= 11 is 0. The molecule has 0 amide bonds. The van der Waals surface area contributed by atoms with Crippen LogP contribution in [0.3, 0.4) is 0 Å². The number of benzene rings is 6. The van der Waals surface area contributed by atoms with Gasteiger partial charge in [-0.3, -0.25) is 9.55 Å². The molecule has 9 aromatic rings. The van der Waals surface area contributed by atoms with Gasteiger partial charge in [0, 0.05) is 44.5 Å². The monoisotopic (exact) mass is 1010 g/mol. The summed E-state index contributed by atoms with van der Waals surface area (Å²) < 4.78 is 6.76. The van der Waals surface area contributed by atoms with Crippen LogP contribution in [0.25, 0.3) is 50.2 Å². The third-order valence-electron chi connectivity index (χ3n) is 12.7. The van der Waals surface area contributed by atoms with Crippen molar-refractivity contribution in [2.75, 3.05) is 0 Å². The average Bonchev–Trinajstić information content (AvgIpc) is 3.83. The molecule has 0 unspecified atom stereocenters. The summed E-state index contributed by atoms with van der Waals surface area (Å²) in [7, 11) is 0. The largest absolute Gasteiger partial charge is 0.333 e. The van der Waals surface area contributed by atoms with Crippen molar-refractivity contribution in [2.24, 2.45) is 0 Å². The first-order valence-corrected chi connectivity index (χ1v) is 22.6. The molecule has 6 aromatic carbocycles. The molecule has 4 aliphatic rings. The van der Waals surface area contributed by atoms with Crippen molar-refractivity contribution in [3.8, 4) is 17.1 Å². The fraction of sp³-hybridized carbons (Fsp3) is 0.281. The fourth-order valence-electron chi connectivity index (χ4n) is 9.40. The Hall–Kier alpha value is -5.59. The van der Waals surface area contributed by atoms with Crippen LogP contribution in [0.15, 0.2) is 134 Å². The zero-order chi connectivity index (χ0) is 43.1. The molecule has 4 bridgehead atoms. The number of aromatic nitrogens is 5. The number of nitrogens with zero attached hydrogens (tertiary/aromatic N) is 5. The second-order valence-electron chi connectivity index (χ2n) is 18.2. The second-order valence-corrected chi connectivity index (χ2v) is 18.2. The summed E-state index contributed by atoms with van der Waals surface area (Å²) in [6.45, 7) is 18.0. The maximum Gasteiger partial charge on any atom is 0.227 e. The van der Waals surface area contributed by atoms with E-state index in [0.29, 0.717) is 23.7 Å². The molecule has 3 heterocycles. The van der Waals surface area contributed by atoms with Crippen LogP contribution < -0.4 is 4.57 Å². The minimum Gasteiger partial charge on any atom is -0.333 e. The number of hydrogen-bond donors (Lipinski definition) is 0. The van der Waals surface area contributed by atoms with E-state index in [-0.39, 0.29) is 22.4 Å². The zero-order valence-electron chi connectivity index (χ0n) is 37.9. The van der Waals surface area contributed by atoms with Crippen molar-refractivity contribution >= 4 is 33.1 Å². The fourth-order valence-corrected chi connectivity index (χ4v) is 9.40. The SMILES string of the molecule is CC(C)c1cccc(C(C)C)c1-n1[c-][n+](-c2c(C(C)C)cccc2C(C)C)c2nccnc21.[Au].[c-]1cc2c(-n3c4ccccc4c4ccccc43)cc1CCc1ccc(cc1)CC2. The number of imidazole rings is 1. The number of fused-ring (bicyclic) bond motifs is 4. The van der Waals surface area contributed by atoms with Gasteiger partial charge in [0.2, 0.25) is 5.65 Å². The first kappa shape index (κ1) is 44.0. The van der Waals surface area contributed by atoms with E-state index in [1.165, 1.54) is 83.4 Å². The Morgan fingerprint density at radius 2 is 1.06 bits per heavy atom. The van der Waals surface area contributed by atoms with Gasteiger partial charge < -0.3 is 9.13 Å². The molecule has 0 saturated heterocycles. The maximum atomic E-state index is 4.80. The molecule has 0 spiro atoms. The van der Waals surface area contributed by atoms with Gasteiger partial charge in [0.15, 0.2) is 12.0 Å².